The van der Waals surface area contributed by atoms with Gasteiger partial charge >= 0.3 is 0 Å². The van der Waals surface area contributed by atoms with E-state index < -0.39 is 0 Å². The second-order valence-corrected chi connectivity index (χ2v) is 5.41. The summed E-state index contributed by atoms with van der Waals surface area (Å²) in [6, 6.07) is 17.7. The number of likely N-dealkylation sites (tertiary alicyclic amines) is 1. The Morgan fingerprint density at radius 2 is 1.68 bits per heavy atom. The number of carbonyl (C=O) groups excluding carboxylic acids is 1. The fourth-order valence-electron chi connectivity index (χ4n) is 2.32. The van der Waals surface area contributed by atoms with Crippen LogP contribution in [-0.2, 0) is 11.4 Å². The van der Waals surface area contributed by atoms with Crippen LogP contribution < -0.4 is 9.47 Å². The molecule has 1 aliphatic rings. The van der Waals surface area contributed by atoms with Crippen LogP contribution in [0.15, 0.2) is 54.6 Å². The molecule has 1 fully saturated rings. The molecule has 4 heteroatoms. The highest BCUT2D eigenvalue weighted by atomic mass is 16.5. The van der Waals surface area contributed by atoms with E-state index in [9.17, 15) is 4.79 Å². The highest BCUT2D eigenvalue weighted by molar-refractivity contribution is 5.74. The summed E-state index contributed by atoms with van der Waals surface area (Å²) < 4.78 is 11.5. The van der Waals surface area contributed by atoms with Gasteiger partial charge in [0.05, 0.1) is 13.1 Å². The Bertz CT molecular complexity index is 619. The van der Waals surface area contributed by atoms with Crippen molar-refractivity contribution in [2.24, 2.45) is 0 Å². The quantitative estimate of drug-likeness (QED) is 0.852. The number of amides is 1. The third kappa shape index (κ3) is 3.58. The van der Waals surface area contributed by atoms with Crippen molar-refractivity contribution in [3.63, 3.8) is 0 Å². The topological polar surface area (TPSA) is 38.8 Å². The Morgan fingerprint density at radius 3 is 2.32 bits per heavy atom. The van der Waals surface area contributed by atoms with E-state index in [4.69, 9.17) is 9.47 Å². The average Bonchev–Trinajstić information content (AvgIpc) is 2.50. The van der Waals surface area contributed by atoms with Gasteiger partial charge in [-0.1, -0.05) is 30.3 Å². The van der Waals surface area contributed by atoms with Crippen molar-refractivity contribution >= 4 is 5.91 Å². The van der Waals surface area contributed by atoms with Crippen molar-refractivity contribution in [1.29, 1.82) is 0 Å². The highest BCUT2D eigenvalue weighted by Gasteiger charge is 2.30. The molecule has 0 atom stereocenters. The lowest BCUT2D eigenvalue weighted by atomic mass is 10.1. The number of nitrogens with zero attached hydrogens (tertiary/aromatic N) is 1. The van der Waals surface area contributed by atoms with Crippen LogP contribution in [0.1, 0.15) is 12.5 Å². The molecule has 1 amide bonds. The van der Waals surface area contributed by atoms with Gasteiger partial charge in [0.25, 0.3) is 0 Å². The molecule has 0 aromatic heterocycles. The maximum Gasteiger partial charge on any atom is 0.219 e. The van der Waals surface area contributed by atoms with Crippen molar-refractivity contribution in [2.75, 3.05) is 13.1 Å². The largest absolute Gasteiger partial charge is 0.489 e. The predicted octanol–water partition coefficient (Wildman–Crippen LogP) is 2.88. The molecule has 0 spiro atoms. The van der Waals surface area contributed by atoms with E-state index >= 15 is 0 Å². The molecular formula is C18H19NO3. The predicted molar refractivity (Wildman–Crippen MR) is 83.9 cm³/mol. The van der Waals surface area contributed by atoms with E-state index in [0.717, 1.165) is 17.1 Å². The monoisotopic (exact) mass is 297 g/mol. The summed E-state index contributed by atoms with van der Waals surface area (Å²) in [6.45, 7) is 3.47. The highest BCUT2D eigenvalue weighted by Crippen LogP contribution is 2.22. The summed E-state index contributed by atoms with van der Waals surface area (Å²) in [5, 5.41) is 0. The van der Waals surface area contributed by atoms with Gasteiger partial charge in [-0.05, 0) is 29.8 Å². The minimum atomic E-state index is 0.0972. The van der Waals surface area contributed by atoms with Crippen LogP contribution >= 0.6 is 0 Å². The Balaban J connectivity index is 1.47. The van der Waals surface area contributed by atoms with E-state index in [2.05, 4.69) is 0 Å². The van der Waals surface area contributed by atoms with Gasteiger partial charge in [-0.15, -0.1) is 0 Å². The first kappa shape index (κ1) is 14.4. The van der Waals surface area contributed by atoms with Crippen molar-refractivity contribution in [3.05, 3.63) is 60.2 Å². The normalized spacial score (nSPS) is 14.3. The maximum atomic E-state index is 11.1. The molecule has 0 bridgehead atoms. The van der Waals surface area contributed by atoms with E-state index in [1.165, 1.54) is 0 Å². The molecule has 1 saturated heterocycles. The van der Waals surface area contributed by atoms with Crippen LogP contribution in [0.2, 0.25) is 0 Å². The van der Waals surface area contributed by atoms with Crippen LogP contribution in [0, 0.1) is 0 Å². The first-order chi connectivity index (χ1) is 10.7. The number of hydrogen-bond donors (Lipinski definition) is 0. The van der Waals surface area contributed by atoms with Gasteiger partial charge in [-0.25, -0.2) is 0 Å². The van der Waals surface area contributed by atoms with Gasteiger partial charge in [0.1, 0.15) is 24.2 Å². The Labute approximate surface area is 130 Å². The smallest absolute Gasteiger partial charge is 0.219 e. The zero-order chi connectivity index (χ0) is 15.4. The number of benzene rings is 2. The summed E-state index contributed by atoms with van der Waals surface area (Å²) >= 11 is 0. The molecule has 0 aliphatic carbocycles. The molecule has 0 N–H and O–H groups in total. The molecule has 0 radical (unpaired) electrons. The molecule has 1 aliphatic heterocycles. The van der Waals surface area contributed by atoms with Crippen LogP contribution in [0.3, 0.4) is 0 Å². The summed E-state index contributed by atoms with van der Waals surface area (Å²) in [6.07, 6.45) is 0.0972. The van der Waals surface area contributed by atoms with E-state index in [1.54, 1.807) is 11.8 Å². The van der Waals surface area contributed by atoms with E-state index in [1.807, 2.05) is 54.6 Å². The van der Waals surface area contributed by atoms with Gasteiger partial charge in [-0.3, -0.25) is 4.79 Å². The molecule has 22 heavy (non-hydrogen) atoms. The Hall–Kier alpha value is -2.49. The zero-order valence-electron chi connectivity index (χ0n) is 12.6. The lowest BCUT2D eigenvalue weighted by Gasteiger charge is -2.38. The van der Waals surface area contributed by atoms with Gasteiger partial charge in [-0.2, -0.15) is 0 Å². The van der Waals surface area contributed by atoms with Gasteiger partial charge < -0.3 is 14.4 Å². The van der Waals surface area contributed by atoms with Crippen LogP contribution in [0.5, 0.6) is 11.5 Å². The second-order valence-electron chi connectivity index (χ2n) is 5.41. The van der Waals surface area contributed by atoms with Gasteiger partial charge in [0.2, 0.25) is 5.91 Å². The summed E-state index contributed by atoms with van der Waals surface area (Å²) in [7, 11) is 0. The Kier molecular flexibility index (Phi) is 4.28. The third-order valence-corrected chi connectivity index (χ3v) is 3.67. The molecule has 114 valence electrons. The number of hydrogen-bond acceptors (Lipinski definition) is 3. The molecule has 2 aromatic rings. The standard InChI is InChI=1S/C18H19NO3/c1-14(20)19-11-18(12-19)22-17-9-7-16(8-10-17)21-13-15-5-3-2-4-6-15/h2-10,18H,11-13H2,1H3. The first-order valence-corrected chi connectivity index (χ1v) is 7.39. The molecule has 0 unspecified atom stereocenters. The van der Waals surface area contributed by atoms with Crippen LogP contribution in [0.4, 0.5) is 0 Å². The molecule has 4 nitrogen and oxygen atoms in total. The molecular weight excluding hydrogens is 278 g/mol. The molecule has 1 heterocycles. The van der Waals surface area contributed by atoms with E-state index in [0.29, 0.717) is 19.7 Å². The van der Waals surface area contributed by atoms with Gasteiger partial charge in [0.15, 0.2) is 0 Å². The summed E-state index contributed by atoms with van der Waals surface area (Å²) in [5.41, 5.74) is 1.14. The lowest BCUT2D eigenvalue weighted by Crippen LogP contribution is -2.55. The van der Waals surface area contributed by atoms with Crippen molar-refractivity contribution < 1.29 is 14.3 Å². The maximum absolute atomic E-state index is 11.1. The fourth-order valence-corrected chi connectivity index (χ4v) is 2.32. The number of ether oxygens (including phenoxy) is 2. The van der Waals surface area contributed by atoms with Crippen molar-refractivity contribution in [2.45, 2.75) is 19.6 Å². The molecule has 3 rings (SSSR count). The number of carbonyl (C=O) groups is 1. The summed E-state index contributed by atoms with van der Waals surface area (Å²) in [5.74, 6) is 1.72. The molecule has 2 aromatic carbocycles. The minimum absolute atomic E-state index is 0.0972. The number of rotatable bonds is 5. The lowest BCUT2D eigenvalue weighted by molar-refractivity contribution is -0.137. The molecule has 0 saturated carbocycles. The first-order valence-electron chi connectivity index (χ1n) is 7.39. The summed E-state index contributed by atoms with van der Waals surface area (Å²) in [4.78, 5) is 12.9. The average molecular weight is 297 g/mol. The van der Waals surface area contributed by atoms with Gasteiger partial charge in [0, 0.05) is 6.92 Å². The van der Waals surface area contributed by atoms with Crippen molar-refractivity contribution in [1.82, 2.24) is 4.90 Å². The second kappa shape index (κ2) is 6.52. The SMILES string of the molecule is CC(=O)N1CC(Oc2ccc(OCc3ccccc3)cc2)C1. The zero-order valence-corrected chi connectivity index (χ0v) is 12.6. The minimum Gasteiger partial charge on any atom is -0.489 e. The Morgan fingerprint density at radius 1 is 1.05 bits per heavy atom. The fraction of sp³-hybridized carbons (Fsp3) is 0.278. The van der Waals surface area contributed by atoms with Crippen LogP contribution in [0.25, 0.3) is 0 Å². The van der Waals surface area contributed by atoms with Crippen LogP contribution in [-0.4, -0.2) is 30.0 Å². The van der Waals surface area contributed by atoms with Crippen molar-refractivity contribution in [3.8, 4) is 11.5 Å². The van der Waals surface area contributed by atoms with E-state index in [-0.39, 0.29) is 12.0 Å². The third-order valence-electron chi connectivity index (χ3n) is 3.67.